The van der Waals surface area contributed by atoms with E-state index in [4.69, 9.17) is 23.2 Å². The van der Waals surface area contributed by atoms with Gasteiger partial charge in [-0.2, -0.15) is 0 Å². The maximum absolute atomic E-state index is 12.8. The lowest BCUT2D eigenvalue weighted by Gasteiger charge is -2.25. The Hall–Kier alpha value is -2.90. The maximum Gasteiger partial charge on any atom is 0.238 e. The highest BCUT2D eigenvalue weighted by Gasteiger charge is 2.36. The summed E-state index contributed by atoms with van der Waals surface area (Å²) >= 11 is 16.1. The highest BCUT2D eigenvalue weighted by molar-refractivity contribution is 8.01. The quantitative estimate of drug-likeness (QED) is 0.227. The molecule has 4 aromatic rings. The van der Waals surface area contributed by atoms with Gasteiger partial charge in [-0.3, -0.25) is 19.4 Å². The fourth-order valence-corrected chi connectivity index (χ4v) is 8.04. The van der Waals surface area contributed by atoms with E-state index in [0.29, 0.717) is 21.6 Å². The summed E-state index contributed by atoms with van der Waals surface area (Å²) < 4.78 is 0. The van der Waals surface area contributed by atoms with E-state index >= 15 is 0 Å². The van der Waals surface area contributed by atoms with Crippen LogP contribution in [0.1, 0.15) is 33.0 Å². The number of anilines is 2. The first-order chi connectivity index (χ1) is 19.0. The Bertz CT molecular complexity index is 1410. The number of carbonyl (C=O) groups excluding carboxylic acids is 2. The molecule has 4 aromatic carbocycles. The lowest BCUT2D eigenvalue weighted by atomic mass is 10.0. The molecule has 0 N–H and O–H groups in total. The molecular formula is C31H24Cl2N2O2S2. The van der Waals surface area contributed by atoms with Crippen LogP contribution in [0, 0.1) is 0 Å². The number of hydrogen-bond donors (Lipinski definition) is 0. The first-order valence-electron chi connectivity index (χ1n) is 12.5. The summed E-state index contributed by atoms with van der Waals surface area (Å²) in [5, 5.41) is 1.07. The Morgan fingerprint density at radius 3 is 1.36 bits per heavy atom. The van der Waals surface area contributed by atoms with Crippen LogP contribution in [-0.2, 0) is 16.0 Å². The van der Waals surface area contributed by atoms with E-state index in [2.05, 4.69) is 24.3 Å². The number of halogens is 2. The molecule has 0 radical (unpaired) electrons. The van der Waals surface area contributed by atoms with Gasteiger partial charge in [-0.15, -0.1) is 23.5 Å². The number of hydrogen-bond acceptors (Lipinski definition) is 4. The van der Waals surface area contributed by atoms with Crippen molar-refractivity contribution in [1.82, 2.24) is 0 Å². The summed E-state index contributed by atoms with van der Waals surface area (Å²) in [6.45, 7) is 0. The minimum atomic E-state index is -0.134. The molecule has 2 aliphatic rings. The second-order valence-electron chi connectivity index (χ2n) is 9.41. The number of carbonyl (C=O) groups is 2. The Morgan fingerprint density at radius 1 is 0.590 bits per heavy atom. The van der Waals surface area contributed by atoms with Crippen molar-refractivity contribution in [3.05, 3.63) is 129 Å². The van der Waals surface area contributed by atoms with E-state index < -0.39 is 0 Å². The lowest BCUT2D eigenvalue weighted by molar-refractivity contribution is -0.116. The fraction of sp³-hybridized carbons (Fsp3) is 0.161. The molecule has 0 aromatic heterocycles. The van der Waals surface area contributed by atoms with Crippen LogP contribution >= 0.6 is 46.7 Å². The Labute approximate surface area is 246 Å². The largest absolute Gasteiger partial charge is 0.295 e. The molecule has 2 atom stereocenters. The molecule has 196 valence electrons. The summed E-state index contributed by atoms with van der Waals surface area (Å²) in [6, 6.07) is 31.7. The molecule has 6 rings (SSSR count). The minimum absolute atomic E-state index is 0.0815. The molecule has 4 nitrogen and oxygen atoms in total. The van der Waals surface area contributed by atoms with Crippen LogP contribution in [0.2, 0.25) is 10.0 Å². The van der Waals surface area contributed by atoms with Crippen LogP contribution < -0.4 is 9.80 Å². The third kappa shape index (κ3) is 5.31. The van der Waals surface area contributed by atoms with Crippen LogP contribution in [0.3, 0.4) is 0 Å². The van der Waals surface area contributed by atoms with Gasteiger partial charge in [-0.05, 0) is 53.9 Å². The molecular weight excluding hydrogens is 567 g/mol. The van der Waals surface area contributed by atoms with Crippen molar-refractivity contribution in [2.45, 2.75) is 17.2 Å². The predicted octanol–water partition coefficient (Wildman–Crippen LogP) is 8.14. The molecule has 0 spiro atoms. The highest BCUT2D eigenvalue weighted by atomic mass is 35.5. The van der Waals surface area contributed by atoms with Crippen LogP contribution in [-0.4, -0.2) is 23.3 Å². The van der Waals surface area contributed by atoms with E-state index in [1.54, 1.807) is 23.5 Å². The zero-order valence-corrected chi connectivity index (χ0v) is 23.9. The van der Waals surface area contributed by atoms with Crippen molar-refractivity contribution in [2.24, 2.45) is 0 Å². The zero-order valence-electron chi connectivity index (χ0n) is 20.8. The zero-order chi connectivity index (χ0) is 26.9. The van der Waals surface area contributed by atoms with Gasteiger partial charge in [0.05, 0.1) is 11.5 Å². The van der Waals surface area contributed by atoms with E-state index in [1.165, 1.54) is 0 Å². The number of amides is 2. The van der Waals surface area contributed by atoms with Crippen LogP contribution in [0.15, 0.2) is 97.1 Å². The average Bonchev–Trinajstić information content (AvgIpc) is 3.52. The third-order valence-corrected chi connectivity index (χ3v) is 9.99. The molecule has 0 bridgehead atoms. The molecule has 2 fully saturated rings. The van der Waals surface area contributed by atoms with Gasteiger partial charge in [0.1, 0.15) is 10.7 Å². The van der Waals surface area contributed by atoms with Crippen molar-refractivity contribution >= 4 is 69.9 Å². The van der Waals surface area contributed by atoms with Gasteiger partial charge in [0.15, 0.2) is 0 Å². The highest BCUT2D eigenvalue weighted by Crippen LogP contribution is 2.45. The van der Waals surface area contributed by atoms with Crippen LogP contribution in [0.4, 0.5) is 11.4 Å². The van der Waals surface area contributed by atoms with Gasteiger partial charge in [-0.1, -0.05) is 83.9 Å². The van der Waals surface area contributed by atoms with E-state index in [0.717, 1.165) is 40.0 Å². The number of nitrogens with zero attached hydrogens (tertiary/aromatic N) is 2. The molecule has 8 heteroatoms. The first kappa shape index (κ1) is 26.3. The monoisotopic (exact) mass is 590 g/mol. The maximum atomic E-state index is 12.8. The predicted molar refractivity (Wildman–Crippen MR) is 164 cm³/mol. The van der Waals surface area contributed by atoms with Gasteiger partial charge in [0.25, 0.3) is 0 Å². The molecule has 2 aliphatic heterocycles. The van der Waals surface area contributed by atoms with E-state index in [1.807, 2.05) is 82.6 Å². The van der Waals surface area contributed by atoms with Gasteiger partial charge < -0.3 is 0 Å². The molecule has 2 heterocycles. The van der Waals surface area contributed by atoms with Crippen molar-refractivity contribution in [3.63, 3.8) is 0 Å². The second-order valence-corrected chi connectivity index (χ2v) is 12.4. The number of thioether (sulfide) groups is 2. The average molecular weight is 592 g/mol. The van der Waals surface area contributed by atoms with Gasteiger partial charge in [-0.25, -0.2) is 0 Å². The van der Waals surface area contributed by atoms with Crippen molar-refractivity contribution < 1.29 is 9.59 Å². The minimum Gasteiger partial charge on any atom is -0.295 e. The third-order valence-electron chi connectivity index (χ3n) is 6.92. The molecule has 0 aliphatic carbocycles. The normalized spacial score (nSPS) is 19.2. The number of rotatable bonds is 6. The summed E-state index contributed by atoms with van der Waals surface area (Å²) in [7, 11) is 0. The SMILES string of the molecule is O=C1CSC(c2ccccc2Cl)N1c1ccc(Cc2ccc(N3C(=O)CSC3c3ccccc3Cl)cc2)cc1. The van der Waals surface area contributed by atoms with Crippen LogP contribution in [0.25, 0.3) is 0 Å². The molecule has 0 saturated carbocycles. The fourth-order valence-electron chi connectivity index (χ4n) is 5.00. The summed E-state index contributed by atoms with van der Waals surface area (Å²) in [6.07, 6.45) is 0.744. The van der Waals surface area contributed by atoms with Gasteiger partial charge >= 0.3 is 0 Å². The Balaban J connectivity index is 1.17. The molecule has 2 amide bonds. The summed E-state index contributed by atoms with van der Waals surface area (Å²) in [5.41, 5.74) is 5.91. The molecule has 2 saturated heterocycles. The molecule has 2 unspecified atom stereocenters. The topological polar surface area (TPSA) is 40.6 Å². The van der Waals surface area contributed by atoms with Crippen molar-refractivity contribution in [1.29, 1.82) is 0 Å². The lowest BCUT2D eigenvalue weighted by Crippen LogP contribution is -2.28. The second kappa shape index (κ2) is 11.3. The van der Waals surface area contributed by atoms with E-state index in [9.17, 15) is 9.59 Å². The summed E-state index contributed by atoms with van der Waals surface area (Å²) in [4.78, 5) is 29.2. The van der Waals surface area contributed by atoms with Gasteiger partial charge in [0, 0.05) is 32.5 Å². The van der Waals surface area contributed by atoms with Gasteiger partial charge in [0.2, 0.25) is 11.8 Å². The molecule has 39 heavy (non-hydrogen) atoms. The van der Waals surface area contributed by atoms with E-state index in [-0.39, 0.29) is 22.6 Å². The standard InChI is InChI=1S/C31H24Cl2N2O2S2/c32-26-7-3-1-5-24(26)30-34(28(36)18-38-30)22-13-9-20(10-14-22)17-21-11-15-23(16-12-21)35-29(37)19-39-31(35)25-6-2-4-8-27(25)33/h1-16,30-31H,17-19H2. The van der Waals surface area contributed by atoms with Crippen molar-refractivity contribution in [2.75, 3.05) is 21.3 Å². The first-order valence-corrected chi connectivity index (χ1v) is 15.4. The smallest absolute Gasteiger partial charge is 0.238 e. The summed E-state index contributed by atoms with van der Waals surface area (Å²) in [5.74, 6) is 1.02. The Morgan fingerprint density at radius 2 is 0.974 bits per heavy atom. The Kier molecular flexibility index (Phi) is 7.63. The van der Waals surface area contributed by atoms with Crippen LogP contribution in [0.5, 0.6) is 0 Å². The number of benzene rings is 4. The van der Waals surface area contributed by atoms with Crippen molar-refractivity contribution in [3.8, 4) is 0 Å².